The summed E-state index contributed by atoms with van der Waals surface area (Å²) in [6.07, 6.45) is 3.94. The molecule has 0 aliphatic carbocycles. The van der Waals surface area contributed by atoms with Crippen molar-refractivity contribution in [1.29, 1.82) is 0 Å². The molecule has 0 radical (unpaired) electrons. The molecule has 7 heteroatoms. The van der Waals surface area contributed by atoms with Crippen LogP contribution in [-0.4, -0.2) is 39.3 Å². The first-order chi connectivity index (χ1) is 11.8. The highest BCUT2D eigenvalue weighted by atomic mass is 32.1. The zero-order valence-corrected chi connectivity index (χ0v) is 18.6. The Hall–Kier alpha value is -0.630. The largest absolute Gasteiger partial charge is 0.378 e. The Morgan fingerprint density at radius 2 is 1.72 bits per heavy atom. The van der Waals surface area contributed by atoms with E-state index in [1.807, 2.05) is 13.8 Å². The lowest BCUT2D eigenvalue weighted by atomic mass is 9.96. The molecule has 1 aromatic rings. The summed E-state index contributed by atoms with van der Waals surface area (Å²) in [6.45, 7) is 18.8. The number of ether oxygens (including phenoxy) is 2. The van der Waals surface area contributed by atoms with Gasteiger partial charge in [0.05, 0.1) is 18.4 Å². The van der Waals surface area contributed by atoms with Gasteiger partial charge < -0.3 is 14.0 Å². The van der Waals surface area contributed by atoms with Crippen LogP contribution in [0.5, 0.6) is 0 Å². The summed E-state index contributed by atoms with van der Waals surface area (Å²) in [7, 11) is 1.62. The molecule has 0 unspecified atom stereocenters. The molecular weight excluding hydrogens is 338 g/mol. The van der Waals surface area contributed by atoms with Crippen LogP contribution < -0.4 is 0 Å². The molecule has 0 atom stereocenters. The van der Waals surface area contributed by atoms with Gasteiger partial charge >= 0.3 is 0 Å². The SMILES string of the molecule is CC.CC(C)CCOC(C)(C)CC(C)C.COCc1cn[nH]n1.OS. The van der Waals surface area contributed by atoms with E-state index in [1.54, 1.807) is 13.3 Å². The Labute approximate surface area is 160 Å². The van der Waals surface area contributed by atoms with E-state index in [-0.39, 0.29) is 5.60 Å². The number of methoxy groups -OCH3 is 1. The summed E-state index contributed by atoms with van der Waals surface area (Å²) in [4.78, 5) is 0. The normalized spacial score (nSPS) is 10.3. The summed E-state index contributed by atoms with van der Waals surface area (Å²) in [6, 6.07) is 0. The molecule has 0 aliphatic heterocycles. The standard InChI is InChI=1S/C12H26O.C4H7N3O.C2H6.H2OS/c1-10(2)7-8-13-12(5,6)9-11(3)4;1-8-3-4-2-5-7-6-4;2*1-2/h10-11H,7-9H2,1-6H3;2H,3H2,1H3,(H,5,6,7);1-2H3;1-2H. The third kappa shape index (κ3) is 23.4. The summed E-state index contributed by atoms with van der Waals surface area (Å²) in [5.74, 6) is 1.46. The molecule has 0 amide bonds. The van der Waals surface area contributed by atoms with E-state index >= 15 is 0 Å². The third-order valence-corrected chi connectivity index (χ3v) is 2.84. The number of aromatic amines is 1. The van der Waals surface area contributed by atoms with Crippen LogP contribution in [0.2, 0.25) is 0 Å². The van der Waals surface area contributed by atoms with Gasteiger partial charge in [-0.1, -0.05) is 41.5 Å². The number of hydrogen-bond donors (Lipinski definition) is 3. The molecule has 1 rings (SSSR count). The van der Waals surface area contributed by atoms with Crippen molar-refractivity contribution in [3.8, 4) is 0 Å². The van der Waals surface area contributed by atoms with Crippen LogP contribution >= 0.6 is 12.9 Å². The van der Waals surface area contributed by atoms with E-state index in [4.69, 9.17) is 14.0 Å². The van der Waals surface area contributed by atoms with Gasteiger partial charge in [0.15, 0.2) is 0 Å². The Morgan fingerprint density at radius 1 is 1.16 bits per heavy atom. The molecule has 0 aliphatic rings. The number of aromatic nitrogens is 3. The first-order valence-corrected chi connectivity index (χ1v) is 9.34. The molecule has 25 heavy (non-hydrogen) atoms. The van der Waals surface area contributed by atoms with E-state index in [1.165, 1.54) is 6.42 Å². The van der Waals surface area contributed by atoms with Crippen molar-refractivity contribution < 1.29 is 14.0 Å². The maximum atomic E-state index is 6.69. The van der Waals surface area contributed by atoms with E-state index < -0.39 is 0 Å². The van der Waals surface area contributed by atoms with Gasteiger partial charge in [0.1, 0.15) is 5.69 Å². The lowest BCUT2D eigenvalue weighted by Gasteiger charge is -2.27. The highest BCUT2D eigenvalue weighted by molar-refractivity contribution is 7.74. The van der Waals surface area contributed by atoms with Crippen LogP contribution in [0.25, 0.3) is 0 Å². The van der Waals surface area contributed by atoms with Gasteiger partial charge in [-0.3, -0.25) is 0 Å². The number of hydrogen-bond acceptors (Lipinski definition) is 6. The summed E-state index contributed by atoms with van der Waals surface area (Å²) >= 11 is 2.53. The maximum absolute atomic E-state index is 6.69. The molecule has 0 aromatic carbocycles. The van der Waals surface area contributed by atoms with Crippen molar-refractivity contribution in [2.45, 2.75) is 80.4 Å². The van der Waals surface area contributed by atoms with E-state index in [2.05, 4.69) is 69.9 Å². The lowest BCUT2D eigenvalue weighted by molar-refractivity contribution is -0.0353. The molecule has 0 saturated heterocycles. The molecule has 6 nitrogen and oxygen atoms in total. The predicted molar refractivity (Wildman–Crippen MR) is 109 cm³/mol. The maximum Gasteiger partial charge on any atom is 0.108 e. The van der Waals surface area contributed by atoms with Crippen molar-refractivity contribution in [3.05, 3.63) is 11.9 Å². The van der Waals surface area contributed by atoms with E-state index in [0.717, 1.165) is 24.6 Å². The van der Waals surface area contributed by atoms with Crippen molar-refractivity contribution in [3.63, 3.8) is 0 Å². The van der Waals surface area contributed by atoms with Gasteiger partial charge in [0, 0.05) is 13.7 Å². The van der Waals surface area contributed by atoms with E-state index in [9.17, 15) is 0 Å². The predicted octanol–water partition coefficient (Wildman–Crippen LogP) is 5.24. The quantitative estimate of drug-likeness (QED) is 0.425. The van der Waals surface area contributed by atoms with Gasteiger partial charge in [-0.15, -0.1) is 0 Å². The van der Waals surface area contributed by atoms with Gasteiger partial charge in [-0.05, 0) is 51.4 Å². The summed E-state index contributed by atoms with van der Waals surface area (Å²) in [5.41, 5.74) is 0.885. The second-order valence-electron chi connectivity index (χ2n) is 6.78. The minimum absolute atomic E-state index is 0.0586. The minimum Gasteiger partial charge on any atom is -0.378 e. The Balaban J connectivity index is -0.000000343. The Bertz CT molecular complexity index is 345. The Morgan fingerprint density at radius 3 is 2.08 bits per heavy atom. The fourth-order valence-electron chi connectivity index (χ4n) is 2.06. The van der Waals surface area contributed by atoms with Crippen molar-refractivity contribution in [2.75, 3.05) is 13.7 Å². The molecule has 152 valence electrons. The highest BCUT2D eigenvalue weighted by Gasteiger charge is 2.19. The van der Waals surface area contributed by atoms with Crippen molar-refractivity contribution >= 4 is 12.9 Å². The summed E-state index contributed by atoms with van der Waals surface area (Å²) < 4.78 is 17.3. The smallest absolute Gasteiger partial charge is 0.108 e. The number of rotatable bonds is 8. The van der Waals surface area contributed by atoms with Crippen LogP contribution in [-0.2, 0) is 16.1 Å². The minimum atomic E-state index is 0.0586. The molecule has 1 aromatic heterocycles. The molecule has 0 bridgehead atoms. The average molecular weight is 380 g/mol. The van der Waals surface area contributed by atoms with Gasteiger partial charge in [0.25, 0.3) is 0 Å². The van der Waals surface area contributed by atoms with E-state index in [0.29, 0.717) is 12.5 Å². The second-order valence-corrected chi connectivity index (χ2v) is 6.78. The summed E-state index contributed by atoms with van der Waals surface area (Å²) in [5, 5.41) is 9.80. The average Bonchev–Trinajstić information content (AvgIpc) is 3.03. The van der Waals surface area contributed by atoms with Crippen molar-refractivity contribution in [1.82, 2.24) is 15.4 Å². The number of nitrogens with zero attached hydrogens (tertiary/aromatic N) is 2. The van der Waals surface area contributed by atoms with Crippen LogP contribution in [0.4, 0.5) is 0 Å². The molecule has 1 heterocycles. The molecule has 0 spiro atoms. The molecule has 2 N–H and O–H groups in total. The van der Waals surface area contributed by atoms with Crippen molar-refractivity contribution in [2.24, 2.45) is 11.8 Å². The lowest BCUT2D eigenvalue weighted by Crippen LogP contribution is -2.27. The Kier molecular flexibility index (Phi) is 23.0. The number of nitrogens with one attached hydrogen (secondary N) is 1. The molecular formula is C18H41N3O3S. The number of H-pyrrole nitrogens is 1. The second kappa shape index (κ2) is 19.7. The monoisotopic (exact) mass is 379 g/mol. The van der Waals surface area contributed by atoms with Gasteiger partial charge in [-0.2, -0.15) is 15.4 Å². The van der Waals surface area contributed by atoms with Crippen LogP contribution in [0.15, 0.2) is 6.20 Å². The molecule has 0 fully saturated rings. The fourth-order valence-corrected chi connectivity index (χ4v) is 2.06. The third-order valence-electron chi connectivity index (χ3n) is 2.84. The topological polar surface area (TPSA) is 80.3 Å². The van der Waals surface area contributed by atoms with Gasteiger partial charge in [0.2, 0.25) is 0 Å². The molecule has 0 saturated carbocycles. The number of thiol groups is 1. The van der Waals surface area contributed by atoms with Gasteiger partial charge in [-0.25, -0.2) is 0 Å². The van der Waals surface area contributed by atoms with Crippen LogP contribution in [0.1, 0.15) is 73.9 Å². The fraction of sp³-hybridized carbons (Fsp3) is 0.889. The first kappa shape index (κ1) is 29.1. The first-order valence-electron chi connectivity index (χ1n) is 8.94. The van der Waals surface area contributed by atoms with Crippen LogP contribution in [0, 0.1) is 11.8 Å². The zero-order chi connectivity index (χ0) is 20.3. The van der Waals surface area contributed by atoms with Crippen LogP contribution in [0.3, 0.4) is 0 Å². The zero-order valence-electron chi connectivity index (χ0n) is 17.7. The highest BCUT2D eigenvalue weighted by Crippen LogP contribution is 2.20.